The molecule has 3 heterocycles. The van der Waals surface area contributed by atoms with Crippen molar-refractivity contribution in [1.29, 1.82) is 0 Å². The standard InChI is InChI=1S/C21H25ClN4O3/c22-16-3-1-4-17(13-16)26-20(27)7-6-19(24-26)25-10-8-15(9-11-25)21(28)23-14-18-5-2-12-29-18/h1,3-4,6-7,13,15,18H,2,5,8-12,14H2,(H,23,28)/t18-/m0/s1. The second-order valence-electron chi connectivity index (χ2n) is 7.56. The molecule has 0 aliphatic carbocycles. The molecular formula is C21H25ClN4O3. The molecule has 0 unspecified atom stereocenters. The van der Waals surface area contributed by atoms with Crippen molar-refractivity contribution in [2.24, 2.45) is 5.92 Å². The van der Waals surface area contributed by atoms with Gasteiger partial charge in [0.1, 0.15) is 5.82 Å². The van der Waals surface area contributed by atoms with Gasteiger partial charge in [-0.2, -0.15) is 4.68 Å². The molecule has 1 amide bonds. The van der Waals surface area contributed by atoms with Gasteiger partial charge in [-0.3, -0.25) is 9.59 Å². The number of hydrogen-bond acceptors (Lipinski definition) is 5. The van der Waals surface area contributed by atoms with E-state index in [1.807, 2.05) is 0 Å². The number of piperidine rings is 1. The lowest BCUT2D eigenvalue weighted by atomic mass is 9.96. The summed E-state index contributed by atoms with van der Waals surface area (Å²) in [6.45, 7) is 2.84. The van der Waals surface area contributed by atoms with Gasteiger partial charge in [0.2, 0.25) is 5.91 Å². The fraction of sp³-hybridized carbons (Fsp3) is 0.476. The molecular weight excluding hydrogens is 392 g/mol. The van der Waals surface area contributed by atoms with E-state index in [9.17, 15) is 9.59 Å². The van der Waals surface area contributed by atoms with Crippen LogP contribution in [0.3, 0.4) is 0 Å². The zero-order valence-electron chi connectivity index (χ0n) is 16.2. The highest BCUT2D eigenvalue weighted by molar-refractivity contribution is 6.30. The first-order chi connectivity index (χ1) is 14.1. The molecule has 1 atom stereocenters. The second kappa shape index (κ2) is 8.97. The van der Waals surface area contributed by atoms with Gasteiger partial charge >= 0.3 is 0 Å². The Bertz CT molecular complexity index is 918. The van der Waals surface area contributed by atoms with Gasteiger partial charge < -0.3 is 15.0 Å². The average molecular weight is 417 g/mol. The molecule has 1 N–H and O–H groups in total. The van der Waals surface area contributed by atoms with E-state index in [-0.39, 0.29) is 23.5 Å². The molecule has 0 bridgehead atoms. The summed E-state index contributed by atoms with van der Waals surface area (Å²) in [7, 11) is 0. The number of carbonyl (C=O) groups excluding carboxylic acids is 1. The highest BCUT2D eigenvalue weighted by Crippen LogP contribution is 2.22. The van der Waals surface area contributed by atoms with E-state index in [4.69, 9.17) is 16.3 Å². The number of amides is 1. The molecule has 2 aromatic rings. The van der Waals surface area contributed by atoms with Gasteiger partial charge in [-0.15, -0.1) is 5.10 Å². The van der Waals surface area contributed by atoms with Gasteiger partial charge in [-0.05, 0) is 49.9 Å². The van der Waals surface area contributed by atoms with Gasteiger partial charge in [-0.1, -0.05) is 17.7 Å². The van der Waals surface area contributed by atoms with E-state index < -0.39 is 0 Å². The van der Waals surface area contributed by atoms with E-state index >= 15 is 0 Å². The Morgan fingerprint density at radius 1 is 1.21 bits per heavy atom. The van der Waals surface area contributed by atoms with Crippen molar-refractivity contribution in [3.63, 3.8) is 0 Å². The zero-order valence-corrected chi connectivity index (χ0v) is 17.0. The summed E-state index contributed by atoms with van der Waals surface area (Å²) in [5.41, 5.74) is 0.423. The van der Waals surface area contributed by atoms with E-state index in [1.54, 1.807) is 30.3 Å². The lowest BCUT2D eigenvalue weighted by Gasteiger charge is -2.32. The number of anilines is 1. The van der Waals surface area contributed by atoms with Crippen LogP contribution in [0.5, 0.6) is 0 Å². The Balaban J connectivity index is 1.37. The molecule has 29 heavy (non-hydrogen) atoms. The summed E-state index contributed by atoms with van der Waals surface area (Å²) in [5, 5.41) is 8.11. The van der Waals surface area contributed by atoms with Gasteiger partial charge in [0.15, 0.2) is 0 Å². The summed E-state index contributed by atoms with van der Waals surface area (Å²) in [4.78, 5) is 26.8. The third-order valence-electron chi connectivity index (χ3n) is 5.56. The largest absolute Gasteiger partial charge is 0.376 e. The Kier molecular flexibility index (Phi) is 6.16. The molecule has 2 saturated heterocycles. The van der Waals surface area contributed by atoms with E-state index in [1.165, 1.54) is 10.7 Å². The Hall–Kier alpha value is -2.38. The molecule has 0 spiro atoms. The van der Waals surface area contributed by atoms with Crippen LogP contribution in [0.4, 0.5) is 5.82 Å². The van der Waals surface area contributed by atoms with Crippen molar-refractivity contribution in [3.8, 4) is 5.69 Å². The fourth-order valence-electron chi connectivity index (χ4n) is 3.90. The number of aromatic nitrogens is 2. The molecule has 0 saturated carbocycles. The predicted octanol–water partition coefficient (Wildman–Crippen LogP) is 2.40. The smallest absolute Gasteiger partial charge is 0.271 e. The number of ether oxygens (including phenoxy) is 1. The lowest BCUT2D eigenvalue weighted by molar-refractivity contribution is -0.126. The molecule has 2 fully saturated rings. The van der Waals surface area contributed by atoms with Crippen molar-refractivity contribution < 1.29 is 9.53 Å². The van der Waals surface area contributed by atoms with Gasteiger partial charge in [0.25, 0.3) is 5.56 Å². The van der Waals surface area contributed by atoms with Crippen LogP contribution < -0.4 is 15.8 Å². The Morgan fingerprint density at radius 3 is 2.76 bits per heavy atom. The molecule has 0 radical (unpaired) electrons. The maximum absolute atomic E-state index is 12.5. The monoisotopic (exact) mass is 416 g/mol. The minimum atomic E-state index is -0.209. The van der Waals surface area contributed by atoms with Gasteiger partial charge in [0, 0.05) is 43.2 Å². The summed E-state index contributed by atoms with van der Waals surface area (Å²) < 4.78 is 6.93. The van der Waals surface area contributed by atoms with Crippen molar-refractivity contribution >= 4 is 23.3 Å². The first-order valence-electron chi connectivity index (χ1n) is 10.1. The maximum atomic E-state index is 12.5. The Labute approximate surface area is 174 Å². The van der Waals surface area contributed by atoms with E-state index in [0.29, 0.717) is 17.3 Å². The molecule has 1 aromatic carbocycles. The van der Waals surface area contributed by atoms with Crippen LogP contribution in [0.15, 0.2) is 41.2 Å². The molecule has 4 rings (SSSR count). The van der Waals surface area contributed by atoms with E-state index in [2.05, 4.69) is 15.3 Å². The van der Waals surface area contributed by atoms with E-state index in [0.717, 1.165) is 51.2 Å². The van der Waals surface area contributed by atoms with Crippen molar-refractivity contribution in [1.82, 2.24) is 15.1 Å². The van der Waals surface area contributed by atoms with Crippen LogP contribution in [-0.4, -0.2) is 48.0 Å². The topological polar surface area (TPSA) is 76.5 Å². The number of nitrogens with zero attached hydrogens (tertiary/aromatic N) is 3. The second-order valence-corrected chi connectivity index (χ2v) is 8.00. The summed E-state index contributed by atoms with van der Waals surface area (Å²) in [6, 6.07) is 10.3. The number of rotatable bonds is 5. The predicted molar refractivity (Wildman–Crippen MR) is 112 cm³/mol. The van der Waals surface area contributed by atoms with Crippen LogP contribution in [0.2, 0.25) is 5.02 Å². The van der Waals surface area contributed by atoms with Crippen LogP contribution in [0.1, 0.15) is 25.7 Å². The minimum absolute atomic E-state index is 0.00601. The van der Waals surface area contributed by atoms with Crippen LogP contribution in [0, 0.1) is 5.92 Å². The quantitative estimate of drug-likeness (QED) is 0.809. The summed E-state index contributed by atoms with van der Waals surface area (Å²) in [6.07, 6.45) is 3.77. The number of nitrogens with one attached hydrogen (secondary N) is 1. The molecule has 2 aliphatic heterocycles. The molecule has 154 valence electrons. The average Bonchev–Trinajstić information content (AvgIpc) is 3.26. The highest BCUT2D eigenvalue weighted by Gasteiger charge is 2.27. The van der Waals surface area contributed by atoms with Crippen LogP contribution in [0.25, 0.3) is 5.69 Å². The maximum Gasteiger partial charge on any atom is 0.271 e. The molecule has 2 aliphatic rings. The fourth-order valence-corrected chi connectivity index (χ4v) is 4.08. The van der Waals surface area contributed by atoms with Crippen LogP contribution in [-0.2, 0) is 9.53 Å². The number of halogens is 1. The van der Waals surface area contributed by atoms with Gasteiger partial charge in [0.05, 0.1) is 11.8 Å². The number of hydrogen-bond donors (Lipinski definition) is 1. The first-order valence-corrected chi connectivity index (χ1v) is 10.5. The number of benzene rings is 1. The van der Waals surface area contributed by atoms with Crippen molar-refractivity contribution in [2.45, 2.75) is 31.8 Å². The molecule has 7 nitrogen and oxygen atoms in total. The third kappa shape index (κ3) is 4.79. The van der Waals surface area contributed by atoms with Crippen LogP contribution >= 0.6 is 11.6 Å². The van der Waals surface area contributed by atoms with Gasteiger partial charge in [-0.25, -0.2) is 0 Å². The number of carbonyl (C=O) groups is 1. The van der Waals surface area contributed by atoms with Crippen molar-refractivity contribution in [3.05, 3.63) is 51.8 Å². The van der Waals surface area contributed by atoms with Crippen molar-refractivity contribution in [2.75, 3.05) is 31.1 Å². The normalized spacial score (nSPS) is 20.0. The summed E-state index contributed by atoms with van der Waals surface area (Å²) in [5.74, 6) is 0.839. The zero-order chi connectivity index (χ0) is 20.2. The highest BCUT2D eigenvalue weighted by atomic mass is 35.5. The lowest BCUT2D eigenvalue weighted by Crippen LogP contribution is -2.43. The SMILES string of the molecule is O=C(NC[C@@H]1CCCO1)C1CCN(c2ccc(=O)n(-c3cccc(Cl)c3)n2)CC1. The summed E-state index contributed by atoms with van der Waals surface area (Å²) >= 11 is 6.05. The Morgan fingerprint density at radius 2 is 2.03 bits per heavy atom. The molecule has 1 aromatic heterocycles. The molecule has 8 heteroatoms. The first kappa shape index (κ1) is 19.9. The minimum Gasteiger partial charge on any atom is -0.376 e. The third-order valence-corrected chi connectivity index (χ3v) is 5.79.